The van der Waals surface area contributed by atoms with Crippen molar-refractivity contribution in [3.63, 3.8) is 0 Å². The summed E-state index contributed by atoms with van der Waals surface area (Å²) in [5.41, 5.74) is 6.02. The Balaban J connectivity index is 0.00000162. The SMILES string of the molecule is CC1CCN(C(N)=NCc2ccc(Br)s2)CC1.I. The minimum atomic E-state index is 0. The summed E-state index contributed by atoms with van der Waals surface area (Å²) in [6.45, 7) is 5.08. The number of likely N-dealkylation sites (tertiary alicyclic amines) is 1. The molecule has 1 aromatic rings. The second-order valence-electron chi connectivity index (χ2n) is 4.55. The Kier molecular flexibility index (Phi) is 6.94. The van der Waals surface area contributed by atoms with Crippen molar-refractivity contribution in [1.29, 1.82) is 0 Å². The highest BCUT2D eigenvalue weighted by atomic mass is 127. The molecule has 0 saturated carbocycles. The number of aliphatic imine (C=N–C) groups is 1. The summed E-state index contributed by atoms with van der Waals surface area (Å²) in [6, 6.07) is 4.14. The molecule has 0 aromatic carbocycles. The zero-order valence-electron chi connectivity index (χ0n) is 10.4. The standard InChI is InChI=1S/C12H18BrN3S.HI/c1-9-4-6-16(7-5-9)12(14)15-8-10-2-3-11(13)17-10;/h2-3,9H,4-8H2,1H3,(H2,14,15);1H. The molecule has 1 aliphatic rings. The van der Waals surface area contributed by atoms with Crippen LogP contribution >= 0.6 is 51.2 Å². The van der Waals surface area contributed by atoms with Crippen molar-refractivity contribution in [2.75, 3.05) is 13.1 Å². The molecule has 1 aromatic heterocycles. The number of hydrogen-bond donors (Lipinski definition) is 1. The first kappa shape index (κ1) is 16.2. The number of nitrogens with zero attached hydrogens (tertiary/aromatic N) is 2. The molecular formula is C12H19BrIN3S. The van der Waals surface area contributed by atoms with Gasteiger partial charge in [0.1, 0.15) is 0 Å². The van der Waals surface area contributed by atoms with E-state index in [1.54, 1.807) is 11.3 Å². The molecule has 0 atom stereocenters. The van der Waals surface area contributed by atoms with Gasteiger partial charge in [0.05, 0.1) is 10.3 Å². The minimum Gasteiger partial charge on any atom is -0.370 e. The monoisotopic (exact) mass is 443 g/mol. The van der Waals surface area contributed by atoms with Gasteiger partial charge in [-0.2, -0.15) is 0 Å². The molecule has 0 aliphatic carbocycles. The second kappa shape index (κ2) is 7.69. The minimum absolute atomic E-state index is 0. The molecular weight excluding hydrogens is 425 g/mol. The lowest BCUT2D eigenvalue weighted by molar-refractivity contribution is 0.277. The number of rotatable bonds is 2. The van der Waals surface area contributed by atoms with Crippen LogP contribution in [0.4, 0.5) is 0 Å². The highest BCUT2D eigenvalue weighted by Gasteiger charge is 2.16. The molecule has 6 heteroatoms. The molecule has 0 unspecified atom stereocenters. The first-order valence-corrected chi connectivity index (χ1v) is 7.55. The predicted octanol–water partition coefficient (Wildman–Crippen LogP) is 3.68. The molecule has 1 saturated heterocycles. The van der Waals surface area contributed by atoms with Gasteiger partial charge >= 0.3 is 0 Å². The van der Waals surface area contributed by atoms with Crippen LogP contribution < -0.4 is 5.73 Å². The number of nitrogens with two attached hydrogens (primary N) is 1. The van der Waals surface area contributed by atoms with E-state index < -0.39 is 0 Å². The van der Waals surface area contributed by atoms with E-state index >= 15 is 0 Å². The predicted molar refractivity (Wildman–Crippen MR) is 92.7 cm³/mol. The summed E-state index contributed by atoms with van der Waals surface area (Å²) < 4.78 is 1.15. The maximum atomic E-state index is 6.02. The lowest BCUT2D eigenvalue weighted by Gasteiger charge is -2.30. The molecule has 2 heterocycles. The maximum absolute atomic E-state index is 6.02. The normalized spacial score (nSPS) is 17.7. The zero-order valence-corrected chi connectivity index (χ0v) is 15.2. The van der Waals surface area contributed by atoms with Gasteiger partial charge < -0.3 is 10.6 Å². The molecule has 0 spiro atoms. The Hall–Kier alpha value is 0.180. The van der Waals surface area contributed by atoms with Crippen LogP contribution in [-0.4, -0.2) is 23.9 Å². The lowest BCUT2D eigenvalue weighted by atomic mass is 10.00. The fourth-order valence-corrected chi connectivity index (χ4v) is 3.34. The maximum Gasteiger partial charge on any atom is 0.191 e. The molecule has 1 fully saturated rings. The summed E-state index contributed by atoms with van der Waals surface area (Å²) in [4.78, 5) is 7.90. The summed E-state index contributed by atoms with van der Waals surface area (Å²) in [5.74, 6) is 1.52. The molecule has 1 aliphatic heterocycles. The first-order chi connectivity index (χ1) is 8.15. The van der Waals surface area contributed by atoms with Crippen LogP contribution in [0.1, 0.15) is 24.6 Å². The van der Waals surface area contributed by atoms with Crippen molar-refractivity contribution in [1.82, 2.24) is 4.90 Å². The van der Waals surface area contributed by atoms with Crippen LogP contribution in [0.2, 0.25) is 0 Å². The van der Waals surface area contributed by atoms with Crippen LogP contribution in [-0.2, 0) is 6.54 Å². The molecule has 0 bridgehead atoms. The summed E-state index contributed by atoms with van der Waals surface area (Å²) >= 11 is 5.16. The molecule has 0 amide bonds. The van der Waals surface area contributed by atoms with Gasteiger partial charge in [0.2, 0.25) is 0 Å². The number of guanidine groups is 1. The third-order valence-electron chi connectivity index (χ3n) is 3.13. The number of hydrogen-bond acceptors (Lipinski definition) is 2. The van der Waals surface area contributed by atoms with Crippen LogP contribution in [0.3, 0.4) is 0 Å². The van der Waals surface area contributed by atoms with E-state index in [0.717, 1.165) is 22.8 Å². The fraction of sp³-hybridized carbons (Fsp3) is 0.583. The van der Waals surface area contributed by atoms with E-state index in [1.165, 1.54) is 17.7 Å². The lowest BCUT2D eigenvalue weighted by Crippen LogP contribution is -2.42. The third-order valence-corrected chi connectivity index (χ3v) is 4.74. The summed E-state index contributed by atoms with van der Waals surface area (Å²) in [7, 11) is 0. The second-order valence-corrected chi connectivity index (χ2v) is 7.10. The van der Waals surface area contributed by atoms with Crippen LogP contribution in [0.5, 0.6) is 0 Å². The highest BCUT2D eigenvalue weighted by Crippen LogP contribution is 2.22. The van der Waals surface area contributed by atoms with E-state index in [2.05, 4.69) is 38.8 Å². The highest BCUT2D eigenvalue weighted by molar-refractivity contribution is 14.0. The Labute approximate surface area is 138 Å². The Morgan fingerprint density at radius 3 is 2.72 bits per heavy atom. The van der Waals surface area contributed by atoms with E-state index in [1.807, 2.05) is 6.07 Å². The Morgan fingerprint density at radius 1 is 1.50 bits per heavy atom. The number of halogens is 2. The first-order valence-electron chi connectivity index (χ1n) is 5.94. The quantitative estimate of drug-likeness (QED) is 0.430. The van der Waals surface area contributed by atoms with Crippen molar-refractivity contribution in [2.45, 2.75) is 26.3 Å². The van der Waals surface area contributed by atoms with Gasteiger partial charge in [0, 0.05) is 18.0 Å². The zero-order chi connectivity index (χ0) is 12.3. The van der Waals surface area contributed by atoms with E-state index in [0.29, 0.717) is 12.5 Å². The van der Waals surface area contributed by atoms with Gasteiger partial charge in [0.15, 0.2) is 5.96 Å². The van der Waals surface area contributed by atoms with Crippen LogP contribution in [0.25, 0.3) is 0 Å². The largest absolute Gasteiger partial charge is 0.370 e. The smallest absolute Gasteiger partial charge is 0.191 e. The topological polar surface area (TPSA) is 41.6 Å². The average Bonchev–Trinajstić information content (AvgIpc) is 2.73. The van der Waals surface area contributed by atoms with Crippen molar-refractivity contribution in [3.8, 4) is 0 Å². The van der Waals surface area contributed by atoms with Gasteiger partial charge in [0.25, 0.3) is 0 Å². The Morgan fingerprint density at radius 2 is 2.17 bits per heavy atom. The average molecular weight is 444 g/mol. The summed E-state index contributed by atoms with van der Waals surface area (Å²) in [6.07, 6.45) is 2.45. The van der Waals surface area contributed by atoms with E-state index in [-0.39, 0.29) is 24.0 Å². The van der Waals surface area contributed by atoms with Crippen LogP contribution in [0.15, 0.2) is 20.9 Å². The van der Waals surface area contributed by atoms with Crippen molar-refractivity contribution in [2.24, 2.45) is 16.6 Å². The molecule has 0 radical (unpaired) electrons. The van der Waals surface area contributed by atoms with Crippen molar-refractivity contribution in [3.05, 3.63) is 20.8 Å². The molecule has 18 heavy (non-hydrogen) atoms. The molecule has 2 N–H and O–H groups in total. The fourth-order valence-electron chi connectivity index (χ4n) is 1.93. The van der Waals surface area contributed by atoms with Gasteiger partial charge in [-0.25, -0.2) is 4.99 Å². The molecule has 3 nitrogen and oxygen atoms in total. The Bertz CT molecular complexity index is 400. The van der Waals surface area contributed by atoms with Crippen molar-refractivity contribution < 1.29 is 0 Å². The number of thiophene rings is 1. The van der Waals surface area contributed by atoms with Gasteiger partial charge in [-0.1, -0.05) is 6.92 Å². The summed E-state index contributed by atoms with van der Waals surface area (Å²) in [5, 5.41) is 0. The molecule has 2 rings (SSSR count). The van der Waals surface area contributed by atoms with Gasteiger partial charge in [-0.05, 0) is 46.8 Å². The van der Waals surface area contributed by atoms with Crippen molar-refractivity contribution >= 4 is 57.2 Å². The van der Waals surface area contributed by atoms with Gasteiger partial charge in [-0.15, -0.1) is 35.3 Å². The van der Waals surface area contributed by atoms with E-state index in [9.17, 15) is 0 Å². The third kappa shape index (κ3) is 4.70. The number of piperidine rings is 1. The molecule has 102 valence electrons. The van der Waals surface area contributed by atoms with E-state index in [4.69, 9.17) is 5.73 Å². The van der Waals surface area contributed by atoms with Gasteiger partial charge in [-0.3, -0.25) is 0 Å². The van der Waals surface area contributed by atoms with Crippen LogP contribution in [0, 0.1) is 5.92 Å².